The van der Waals surface area contributed by atoms with E-state index in [-0.39, 0.29) is 34.6 Å². The molecule has 0 N–H and O–H groups in total. The van der Waals surface area contributed by atoms with Crippen molar-refractivity contribution in [1.29, 1.82) is 0 Å². The summed E-state index contributed by atoms with van der Waals surface area (Å²) in [7, 11) is 0. The molecule has 0 radical (unpaired) electrons. The summed E-state index contributed by atoms with van der Waals surface area (Å²) >= 11 is 8.95. The van der Waals surface area contributed by atoms with E-state index in [2.05, 4.69) is 22.6 Å². The Bertz CT molecular complexity index is 1230. The molecule has 196 valence electrons. The van der Waals surface area contributed by atoms with Gasteiger partial charge < -0.3 is 19.1 Å². The molecule has 37 heavy (non-hydrogen) atoms. The number of ether oxygens (including phenoxy) is 3. The normalized spacial score (nSPS) is 17.0. The fraction of sp³-hybridized carbons (Fsp3) is 0.320. The molecule has 2 aliphatic rings. The standard InChI is InChI=1S/C25H23ClFIN2O6S/c1-2-35-20-11-15(10-19(28)23(20)36-14-16-17(26)4-3-5-18(16)27)12-21-24(32)30(25(33)37-21)13-22(31)29-6-8-34-9-7-29/h3-5,10-12H,2,6-9,13-14H2,1H3/b21-12-. The molecule has 0 aliphatic carbocycles. The number of rotatable bonds is 8. The first-order chi connectivity index (χ1) is 17.8. The quantitative estimate of drug-likeness (QED) is 0.293. The maximum Gasteiger partial charge on any atom is 0.294 e. The molecular weight excluding hydrogens is 638 g/mol. The number of nitrogens with zero attached hydrogens (tertiary/aromatic N) is 2. The monoisotopic (exact) mass is 660 g/mol. The average Bonchev–Trinajstić information content (AvgIpc) is 3.13. The molecule has 3 amide bonds. The van der Waals surface area contributed by atoms with E-state index in [1.54, 1.807) is 29.2 Å². The van der Waals surface area contributed by atoms with Crippen molar-refractivity contribution in [3.8, 4) is 11.5 Å². The van der Waals surface area contributed by atoms with E-state index in [1.807, 2.05) is 6.92 Å². The zero-order chi connectivity index (χ0) is 26.5. The molecule has 0 bridgehead atoms. The van der Waals surface area contributed by atoms with Gasteiger partial charge in [-0.1, -0.05) is 17.7 Å². The number of benzene rings is 2. The predicted molar refractivity (Wildman–Crippen MR) is 146 cm³/mol. The summed E-state index contributed by atoms with van der Waals surface area (Å²) in [4.78, 5) is 40.7. The van der Waals surface area contributed by atoms with Gasteiger partial charge in [-0.3, -0.25) is 19.3 Å². The van der Waals surface area contributed by atoms with Gasteiger partial charge in [0.1, 0.15) is 19.0 Å². The Balaban J connectivity index is 1.52. The van der Waals surface area contributed by atoms with Crippen LogP contribution in [-0.2, 0) is 20.9 Å². The molecule has 2 fully saturated rings. The van der Waals surface area contributed by atoms with Gasteiger partial charge in [0.25, 0.3) is 11.1 Å². The summed E-state index contributed by atoms with van der Waals surface area (Å²) in [5.41, 5.74) is 0.834. The Labute approximate surface area is 236 Å². The highest BCUT2D eigenvalue weighted by Gasteiger charge is 2.37. The zero-order valence-electron chi connectivity index (χ0n) is 19.8. The van der Waals surface area contributed by atoms with E-state index >= 15 is 0 Å². The van der Waals surface area contributed by atoms with Gasteiger partial charge >= 0.3 is 0 Å². The minimum atomic E-state index is -0.529. The van der Waals surface area contributed by atoms with Crippen LogP contribution in [0.25, 0.3) is 6.08 Å². The topological polar surface area (TPSA) is 85.4 Å². The van der Waals surface area contributed by atoms with Crippen LogP contribution in [0.2, 0.25) is 5.02 Å². The number of imide groups is 1. The third kappa shape index (κ3) is 6.57. The van der Waals surface area contributed by atoms with Gasteiger partial charge in [0.15, 0.2) is 11.5 Å². The van der Waals surface area contributed by atoms with Gasteiger partial charge in [-0.25, -0.2) is 4.39 Å². The summed E-state index contributed by atoms with van der Waals surface area (Å²) in [6, 6.07) is 7.85. The molecule has 2 saturated heterocycles. The number of carbonyl (C=O) groups excluding carboxylic acids is 3. The molecule has 2 aromatic carbocycles. The van der Waals surface area contributed by atoms with Gasteiger partial charge in [-0.2, -0.15) is 0 Å². The summed E-state index contributed by atoms with van der Waals surface area (Å²) in [5, 5.41) is -0.244. The highest BCUT2D eigenvalue weighted by atomic mass is 127. The number of morpholine rings is 1. The van der Waals surface area contributed by atoms with Crippen molar-refractivity contribution in [3.05, 3.63) is 60.8 Å². The molecule has 0 aromatic heterocycles. The minimum Gasteiger partial charge on any atom is -0.490 e. The van der Waals surface area contributed by atoms with Crippen LogP contribution in [-0.4, -0.2) is 66.3 Å². The van der Waals surface area contributed by atoms with Crippen molar-refractivity contribution in [2.45, 2.75) is 13.5 Å². The number of hydrogen-bond acceptors (Lipinski definition) is 7. The second-order valence-corrected chi connectivity index (χ2v) is 10.6. The molecule has 2 aliphatic heterocycles. The Kier molecular flexibility index (Phi) is 9.32. The first-order valence-corrected chi connectivity index (χ1v) is 13.7. The van der Waals surface area contributed by atoms with E-state index in [0.717, 1.165) is 16.7 Å². The van der Waals surface area contributed by atoms with Crippen molar-refractivity contribution in [1.82, 2.24) is 9.80 Å². The molecule has 8 nitrogen and oxygen atoms in total. The van der Waals surface area contributed by atoms with Crippen LogP contribution in [0, 0.1) is 9.39 Å². The number of thioether (sulfide) groups is 1. The van der Waals surface area contributed by atoms with Crippen LogP contribution in [0.3, 0.4) is 0 Å². The summed E-state index contributed by atoms with van der Waals surface area (Å²) in [6.07, 6.45) is 1.58. The van der Waals surface area contributed by atoms with E-state index in [4.69, 9.17) is 25.8 Å². The molecule has 4 rings (SSSR count). The van der Waals surface area contributed by atoms with Gasteiger partial charge in [0.2, 0.25) is 5.91 Å². The molecule has 0 spiro atoms. The van der Waals surface area contributed by atoms with Crippen LogP contribution in [0.1, 0.15) is 18.1 Å². The van der Waals surface area contributed by atoms with E-state index < -0.39 is 17.0 Å². The van der Waals surface area contributed by atoms with Gasteiger partial charge in [-0.05, 0) is 77.2 Å². The van der Waals surface area contributed by atoms with Gasteiger partial charge in [0, 0.05) is 18.7 Å². The zero-order valence-corrected chi connectivity index (χ0v) is 23.5. The van der Waals surface area contributed by atoms with E-state index in [1.165, 1.54) is 12.1 Å². The van der Waals surface area contributed by atoms with Crippen LogP contribution in [0.15, 0.2) is 35.2 Å². The second kappa shape index (κ2) is 12.5. The van der Waals surface area contributed by atoms with Crippen LogP contribution in [0.5, 0.6) is 11.5 Å². The summed E-state index contributed by atoms with van der Waals surface area (Å²) in [5.74, 6) is -0.492. The average molecular weight is 661 g/mol. The molecular formula is C25H23ClFIN2O6S. The lowest BCUT2D eigenvalue weighted by Crippen LogP contribution is -2.46. The minimum absolute atomic E-state index is 0.100. The molecule has 0 saturated carbocycles. The Morgan fingerprint density at radius 3 is 2.70 bits per heavy atom. The third-order valence-electron chi connectivity index (χ3n) is 5.58. The maximum atomic E-state index is 14.2. The molecule has 0 atom stereocenters. The summed E-state index contributed by atoms with van der Waals surface area (Å²) in [6.45, 7) is 3.47. The van der Waals surface area contributed by atoms with Crippen molar-refractivity contribution in [2.24, 2.45) is 0 Å². The van der Waals surface area contributed by atoms with Crippen LogP contribution >= 0.6 is 46.0 Å². The SMILES string of the molecule is CCOc1cc(/C=C2\SC(=O)N(CC(=O)N3CCOCC3)C2=O)cc(I)c1OCc1c(F)cccc1Cl. The largest absolute Gasteiger partial charge is 0.490 e. The third-order valence-corrected chi connectivity index (χ3v) is 7.65. The number of carbonyl (C=O) groups is 3. The van der Waals surface area contributed by atoms with Crippen molar-refractivity contribution >= 4 is 69.1 Å². The predicted octanol–water partition coefficient (Wildman–Crippen LogP) is 4.96. The Hall–Kier alpha value is -2.35. The van der Waals surface area contributed by atoms with E-state index in [0.29, 0.717) is 53.5 Å². The lowest BCUT2D eigenvalue weighted by Gasteiger charge is -2.28. The van der Waals surface area contributed by atoms with Crippen molar-refractivity contribution in [2.75, 3.05) is 39.5 Å². The van der Waals surface area contributed by atoms with Crippen molar-refractivity contribution in [3.63, 3.8) is 0 Å². The molecule has 2 aromatic rings. The van der Waals surface area contributed by atoms with Gasteiger partial charge in [0.05, 0.1) is 33.3 Å². The number of halogens is 3. The number of hydrogen-bond donors (Lipinski definition) is 0. The lowest BCUT2D eigenvalue weighted by atomic mass is 10.1. The first-order valence-electron chi connectivity index (χ1n) is 11.4. The van der Waals surface area contributed by atoms with Gasteiger partial charge in [-0.15, -0.1) is 0 Å². The fourth-order valence-corrected chi connectivity index (χ4v) is 5.56. The number of amides is 3. The smallest absolute Gasteiger partial charge is 0.294 e. The first kappa shape index (κ1) is 27.7. The van der Waals surface area contributed by atoms with E-state index in [9.17, 15) is 18.8 Å². The highest BCUT2D eigenvalue weighted by molar-refractivity contribution is 14.1. The fourth-order valence-electron chi connectivity index (χ4n) is 3.72. The Morgan fingerprint density at radius 1 is 1.24 bits per heavy atom. The maximum absolute atomic E-state index is 14.2. The van der Waals surface area contributed by atoms with Crippen LogP contribution in [0.4, 0.5) is 9.18 Å². The summed E-state index contributed by atoms with van der Waals surface area (Å²) < 4.78 is 31.7. The van der Waals surface area contributed by atoms with Crippen molar-refractivity contribution < 1.29 is 33.0 Å². The van der Waals surface area contributed by atoms with Crippen LogP contribution < -0.4 is 9.47 Å². The Morgan fingerprint density at radius 2 is 2.00 bits per heavy atom. The highest BCUT2D eigenvalue weighted by Crippen LogP contribution is 2.38. The second-order valence-electron chi connectivity index (χ2n) is 8.01. The molecule has 2 heterocycles. The molecule has 12 heteroatoms. The molecule has 0 unspecified atom stereocenters. The lowest BCUT2D eigenvalue weighted by molar-refractivity contribution is -0.139.